The first kappa shape index (κ1) is 16.3. The highest BCUT2D eigenvalue weighted by molar-refractivity contribution is 5.89. The highest BCUT2D eigenvalue weighted by atomic mass is 14.1. The minimum Gasteiger partial charge on any atom is -0.0616 e. The van der Waals surface area contributed by atoms with Gasteiger partial charge in [0, 0.05) is 0 Å². The van der Waals surface area contributed by atoms with E-state index in [0.717, 1.165) is 0 Å². The van der Waals surface area contributed by atoms with Gasteiger partial charge in [-0.15, -0.1) is 0 Å². The maximum atomic E-state index is 2.22. The van der Waals surface area contributed by atoms with Crippen LogP contribution in [0.1, 0.15) is 22.3 Å². The van der Waals surface area contributed by atoms with Gasteiger partial charge >= 0.3 is 0 Å². The van der Waals surface area contributed by atoms with Crippen LogP contribution in [0.4, 0.5) is 0 Å². The van der Waals surface area contributed by atoms with Crippen LogP contribution >= 0.6 is 0 Å². The normalized spacial score (nSPS) is 10.5. The molecule has 120 valence electrons. The quantitative estimate of drug-likeness (QED) is 0.331. The Morgan fingerprint density at radius 1 is 0.500 bits per heavy atom. The molecule has 0 heterocycles. The summed E-state index contributed by atoms with van der Waals surface area (Å²) in [5.74, 6) is 0. The second-order valence-electron chi connectivity index (χ2n) is 6.53. The molecule has 0 N–H and O–H groups in total. The molecular weight excluding hydrogens is 288 g/mol. The Morgan fingerprint density at radius 2 is 1.25 bits per heavy atom. The molecule has 0 saturated heterocycles. The van der Waals surface area contributed by atoms with Crippen molar-refractivity contribution < 1.29 is 0 Å². The molecule has 0 amide bonds. The van der Waals surface area contributed by atoms with Crippen LogP contribution in [0.15, 0.2) is 72.8 Å². The van der Waals surface area contributed by atoms with E-state index in [9.17, 15) is 0 Å². The Kier molecular flexibility index (Phi) is 4.66. The molecule has 0 aliphatic rings. The lowest BCUT2D eigenvalue weighted by Gasteiger charge is -2.07. The minimum absolute atomic E-state index is 1.32. The standard InChI is InChI=1S/C13H14.C11H10/c1-9-7-8-12-10(2)5-4-6-13(12)11(9)3;1-9-6-7-10-4-2-3-5-11(10)8-9/h4-8H,1-3H3;2-8H,1H3. The highest BCUT2D eigenvalue weighted by Gasteiger charge is 2.00. The molecule has 24 heavy (non-hydrogen) atoms. The van der Waals surface area contributed by atoms with E-state index in [4.69, 9.17) is 0 Å². The molecule has 0 fully saturated rings. The Bertz CT molecular complexity index is 993. The van der Waals surface area contributed by atoms with Crippen molar-refractivity contribution in [2.75, 3.05) is 0 Å². The van der Waals surface area contributed by atoms with Gasteiger partial charge in [-0.1, -0.05) is 78.4 Å². The highest BCUT2D eigenvalue weighted by Crippen LogP contribution is 2.23. The van der Waals surface area contributed by atoms with E-state index in [0.29, 0.717) is 0 Å². The van der Waals surface area contributed by atoms with E-state index in [-0.39, 0.29) is 0 Å². The largest absolute Gasteiger partial charge is 0.0616 e. The first-order valence-corrected chi connectivity index (χ1v) is 8.47. The molecule has 0 spiro atoms. The van der Waals surface area contributed by atoms with Crippen molar-refractivity contribution in [2.45, 2.75) is 27.7 Å². The molecule has 0 unspecified atom stereocenters. The number of hydrogen-bond donors (Lipinski definition) is 0. The zero-order valence-electron chi connectivity index (χ0n) is 14.9. The molecule has 4 aromatic rings. The Balaban J connectivity index is 0.000000143. The molecule has 0 atom stereocenters. The van der Waals surface area contributed by atoms with Gasteiger partial charge in [-0.25, -0.2) is 0 Å². The van der Waals surface area contributed by atoms with Crippen LogP contribution < -0.4 is 0 Å². The number of fused-ring (bicyclic) bond motifs is 2. The van der Waals surface area contributed by atoms with Crippen LogP contribution in [0.3, 0.4) is 0 Å². The smallest absolute Gasteiger partial charge is 0.0149 e. The second kappa shape index (κ2) is 6.88. The van der Waals surface area contributed by atoms with Gasteiger partial charge in [0.15, 0.2) is 0 Å². The molecular formula is C24H24. The summed E-state index contributed by atoms with van der Waals surface area (Å²) < 4.78 is 0. The van der Waals surface area contributed by atoms with Crippen LogP contribution in [0.2, 0.25) is 0 Å². The van der Waals surface area contributed by atoms with Crippen molar-refractivity contribution in [1.29, 1.82) is 0 Å². The molecule has 0 aliphatic heterocycles. The van der Waals surface area contributed by atoms with Crippen molar-refractivity contribution in [3.63, 3.8) is 0 Å². The van der Waals surface area contributed by atoms with Gasteiger partial charge in [-0.3, -0.25) is 0 Å². The van der Waals surface area contributed by atoms with Gasteiger partial charge in [0.05, 0.1) is 0 Å². The molecule has 4 aromatic carbocycles. The molecule has 0 saturated carbocycles. The van der Waals surface area contributed by atoms with Gasteiger partial charge in [0.1, 0.15) is 0 Å². The second-order valence-corrected chi connectivity index (χ2v) is 6.53. The van der Waals surface area contributed by atoms with Crippen LogP contribution in [-0.4, -0.2) is 0 Å². The lowest BCUT2D eigenvalue weighted by atomic mass is 9.98. The lowest BCUT2D eigenvalue weighted by Crippen LogP contribution is -1.85. The monoisotopic (exact) mass is 312 g/mol. The molecule has 0 bridgehead atoms. The maximum Gasteiger partial charge on any atom is -0.0149 e. The third-order valence-corrected chi connectivity index (χ3v) is 4.72. The van der Waals surface area contributed by atoms with Crippen molar-refractivity contribution >= 4 is 21.5 Å². The molecule has 4 rings (SSSR count). The van der Waals surface area contributed by atoms with Crippen LogP contribution in [0, 0.1) is 27.7 Å². The molecule has 0 aliphatic carbocycles. The molecule has 0 nitrogen and oxygen atoms in total. The van der Waals surface area contributed by atoms with Gasteiger partial charge in [0.25, 0.3) is 0 Å². The predicted octanol–water partition coefficient (Wildman–Crippen LogP) is 6.91. The SMILES string of the molecule is Cc1ccc2c(C)cccc2c1C.Cc1ccc2ccccc2c1. The molecule has 0 aromatic heterocycles. The average molecular weight is 312 g/mol. The van der Waals surface area contributed by atoms with E-state index in [1.54, 1.807) is 0 Å². The van der Waals surface area contributed by atoms with Crippen LogP contribution in [0.5, 0.6) is 0 Å². The third kappa shape index (κ3) is 3.33. The molecule has 0 radical (unpaired) electrons. The fraction of sp³-hybridized carbons (Fsp3) is 0.167. The van der Waals surface area contributed by atoms with E-state index in [2.05, 4.69) is 100 Å². The van der Waals surface area contributed by atoms with Gasteiger partial charge in [0.2, 0.25) is 0 Å². The summed E-state index contributed by atoms with van der Waals surface area (Å²) in [4.78, 5) is 0. The number of hydrogen-bond acceptors (Lipinski definition) is 0. The number of aryl methyl sites for hydroxylation is 4. The summed E-state index contributed by atoms with van der Waals surface area (Å²) in [6.45, 7) is 8.64. The molecule has 0 heteroatoms. The first-order valence-electron chi connectivity index (χ1n) is 8.47. The predicted molar refractivity (Wildman–Crippen MR) is 107 cm³/mol. The van der Waals surface area contributed by atoms with Gasteiger partial charge in [-0.2, -0.15) is 0 Å². The Morgan fingerprint density at radius 3 is 2.04 bits per heavy atom. The topological polar surface area (TPSA) is 0 Å². The maximum absolute atomic E-state index is 2.22. The van der Waals surface area contributed by atoms with Gasteiger partial charge in [-0.05, 0) is 65.9 Å². The summed E-state index contributed by atoms with van der Waals surface area (Å²) >= 11 is 0. The van der Waals surface area contributed by atoms with E-state index in [1.165, 1.54) is 43.8 Å². The average Bonchev–Trinajstić information content (AvgIpc) is 2.59. The fourth-order valence-corrected chi connectivity index (χ4v) is 3.08. The van der Waals surface area contributed by atoms with E-state index >= 15 is 0 Å². The van der Waals surface area contributed by atoms with Crippen molar-refractivity contribution in [3.8, 4) is 0 Å². The summed E-state index contributed by atoms with van der Waals surface area (Å²) in [5, 5.41) is 5.41. The summed E-state index contributed by atoms with van der Waals surface area (Å²) in [7, 11) is 0. The summed E-state index contributed by atoms with van der Waals surface area (Å²) in [6, 6.07) is 25.8. The Hall–Kier alpha value is -2.60. The summed E-state index contributed by atoms with van der Waals surface area (Å²) in [6.07, 6.45) is 0. The minimum atomic E-state index is 1.32. The summed E-state index contributed by atoms with van der Waals surface area (Å²) in [5.41, 5.74) is 5.46. The Labute approximate surface area is 144 Å². The van der Waals surface area contributed by atoms with Crippen LogP contribution in [0.25, 0.3) is 21.5 Å². The van der Waals surface area contributed by atoms with Crippen molar-refractivity contribution in [1.82, 2.24) is 0 Å². The lowest BCUT2D eigenvalue weighted by molar-refractivity contribution is 1.37. The van der Waals surface area contributed by atoms with Crippen molar-refractivity contribution in [2.24, 2.45) is 0 Å². The van der Waals surface area contributed by atoms with Crippen LogP contribution in [-0.2, 0) is 0 Å². The third-order valence-electron chi connectivity index (χ3n) is 4.72. The van der Waals surface area contributed by atoms with E-state index < -0.39 is 0 Å². The van der Waals surface area contributed by atoms with Crippen molar-refractivity contribution in [3.05, 3.63) is 95.1 Å². The fourth-order valence-electron chi connectivity index (χ4n) is 3.08. The van der Waals surface area contributed by atoms with Gasteiger partial charge < -0.3 is 0 Å². The zero-order chi connectivity index (χ0) is 17.1. The number of rotatable bonds is 0. The van der Waals surface area contributed by atoms with E-state index in [1.807, 2.05) is 0 Å². The zero-order valence-corrected chi connectivity index (χ0v) is 14.9. The first-order chi connectivity index (χ1) is 11.6. The number of benzene rings is 4.